The first kappa shape index (κ1) is 22.5. The molecule has 1 aliphatic rings. The Hall–Kier alpha value is -2.15. The number of hydrogen-bond donors (Lipinski definition) is 2. The molecule has 6 heteroatoms. The first-order valence-corrected chi connectivity index (χ1v) is 11.1. The quantitative estimate of drug-likeness (QED) is 0.561. The molecule has 0 spiro atoms. The molecular weight excluding hydrogens is 446 g/mol. The van der Waals surface area contributed by atoms with E-state index in [4.69, 9.17) is 9.47 Å². The molecule has 2 N–H and O–H groups in total. The third-order valence-corrected chi connectivity index (χ3v) is 5.71. The van der Waals surface area contributed by atoms with E-state index in [-0.39, 0.29) is 30.1 Å². The molecule has 3 atom stereocenters. The van der Waals surface area contributed by atoms with Gasteiger partial charge in [-0.2, -0.15) is 0 Å². The average molecular weight is 474 g/mol. The first-order chi connectivity index (χ1) is 14.6. The van der Waals surface area contributed by atoms with Gasteiger partial charge in [-0.25, -0.2) is 0 Å². The van der Waals surface area contributed by atoms with Crippen LogP contribution in [0.4, 0.5) is 0 Å². The molecule has 2 aromatic carbocycles. The van der Waals surface area contributed by atoms with Crippen molar-refractivity contribution in [2.75, 3.05) is 13.2 Å². The lowest BCUT2D eigenvalue weighted by Gasteiger charge is -2.37. The van der Waals surface area contributed by atoms with Gasteiger partial charge in [0.2, 0.25) is 6.29 Å². The lowest BCUT2D eigenvalue weighted by atomic mass is 9.80. The third kappa shape index (κ3) is 5.94. The van der Waals surface area contributed by atoms with E-state index in [0.717, 1.165) is 22.0 Å². The number of halogens is 1. The number of benzene rings is 2. The largest absolute Gasteiger partial charge is 0.459 e. The zero-order chi connectivity index (χ0) is 21.3. The molecule has 0 saturated carbocycles. The number of nitrogens with one attached hydrogen (secondary N) is 1. The maximum atomic E-state index is 12.9. The number of allylic oxidation sites excluding steroid dienone is 1. The van der Waals surface area contributed by atoms with Crippen molar-refractivity contribution >= 4 is 21.8 Å². The highest BCUT2D eigenvalue weighted by Crippen LogP contribution is 2.39. The fraction of sp³-hybridized carbons (Fsp3) is 0.375. The van der Waals surface area contributed by atoms with Crippen molar-refractivity contribution < 1.29 is 19.4 Å². The zero-order valence-electron chi connectivity index (χ0n) is 17.1. The van der Waals surface area contributed by atoms with Crippen LogP contribution in [0.15, 0.2) is 70.9 Å². The maximum Gasteiger partial charge on any atom is 0.286 e. The van der Waals surface area contributed by atoms with E-state index in [1.165, 1.54) is 0 Å². The number of carbonyl (C=O) groups excluding carboxylic acids is 1. The van der Waals surface area contributed by atoms with Gasteiger partial charge in [-0.1, -0.05) is 58.4 Å². The minimum Gasteiger partial charge on any atom is -0.459 e. The lowest BCUT2D eigenvalue weighted by Crippen LogP contribution is -2.39. The monoisotopic (exact) mass is 473 g/mol. The molecule has 0 radical (unpaired) electrons. The Bertz CT molecular complexity index is 838. The number of aliphatic hydroxyl groups excluding tert-OH is 1. The van der Waals surface area contributed by atoms with Gasteiger partial charge >= 0.3 is 0 Å². The molecule has 3 rings (SSSR count). The summed E-state index contributed by atoms with van der Waals surface area (Å²) < 4.78 is 12.9. The fourth-order valence-corrected chi connectivity index (χ4v) is 3.96. The summed E-state index contributed by atoms with van der Waals surface area (Å²) in [6.45, 7) is 2.92. The van der Waals surface area contributed by atoms with Crippen LogP contribution >= 0.6 is 15.9 Å². The van der Waals surface area contributed by atoms with Gasteiger partial charge in [0.15, 0.2) is 5.76 Å². The van der Waals surface area contributed by atoms with Crippen LogP contribution in [0.2, 0.25) is 0 Å². The molecule has 5 nitrogen and oxygen atoms in total. The van der Waals surface area contributed by atoms with E-state index in [2.05, 4.69) is 21.2 Å². The summed E-state index contributed by atoms with van der Waals surface area (Å²) >= 11 is 3.48. The van der Waals surface area contributed by atoms with E-state index in [0.29, 0.717) is 19.6 Å². The molecule has 1 amide bonds. The molecule has 1 heterocycles. The van der Waals surface area contributed by atoms with E-state index < -0.39 is 6.29 Å². The standard InChI is InChI=1S/C24H28BrNO4/c1-2-29-24-20(9-6-14-27)21(18-10-12-19(25)13-11-18)15-22(30-24)23(28)26-16-17-7-4-3-5-8-17/h3-5,7-8,10-13,15,20-21,24,27H,2,6,9,14,16H2,1H3,(H,26,28)/t20-,21+,24+/m0/s1. The molecule has 0 aliphatic carbocycles. The number of rotatable bonds is 9. The van der Waals surface area contributed by atoms with E-state index in [1.807, 2.05) is 67.6 Å². The molecule has 0 bridgehead atoms. The Morgan fingerprint density at radius 3 is 2.57 bits per heavy atom. The van der Waals surface area contributed by atoms with Gasteiger partial charge in [0, 0.05) is 36.1 Å². The number of amides is 1. The van der Waals surface area contributed by atoms with Crippen molar-refractivity contribution in [3.63, 3.8) is 0 Å². The second-order valence-corrected chi connectivity index (χ2v) is 8.16. The van der Waals surface area contributed by atoms with Gasteiger partial charge in [-0.15, -0.1) is 0 Å². The second-order valence-electron chi connectivity index (χ2n) is 7.25. The van der Waals surface area contributed by atoms with Gasteiger partial charge in [0.1, 0.15) is 0 Å². The van der Waals surface area contributed by atoms with Crippen LogP contribution < -0.4 is 5.32 Å². The molecule has 0 fully saturated rings. The van der Waals surface area contributed by atoms with Crippen LogP contribution in [0.1, 0.15) is 36.8 Å². The first-order valence-electron chi connectivity index (χ1n) is 10.3. The van der Waals surface area contributed by atoms with Crippen molar-refractivity contribution in [2.45, 2.75) is 38.5 Å². The predicted octanol–water partition coefficient (Wildman–Crippen LogP) is 4.51. The minimum atomic E-state index is -0.544. The van der Waals surface area contributed by atoms with Crippen LogP contribution in [0.3, 0.4) is 0 Å². The molecule has 0 aromatic heterocycles. The van der Waals surface area contributed by atoms with Gasteiger partial charge in [-0.05, 0) is 49.1 Å². The number of aliphatic hydroxyl groups is 1. The van der Waals surface area contributed by atoms with Gasteiger partial charge in [-0.3, -0.25) is 4.79 Å². The highest BCUT2D eigenvalue weighted by atomic mass is 79.9. The number of ether oxygens (including phenoxy) is 2. The average Bonchev–Trinajstić information content (AvgIpc) is 2.77. The van der Waals surface area contributed by atoms with Crippen LogP contribution in [-0.4, -0.2) is 30.5 Å². The fourth-order valence-electron chi connectivity index (χ4n) is 3.70. The molecule has 1 aliphatic heterocycles. The molecule has 30 heavy (non-hydrogen) atoms. The van der Waals surface area contributed by atoms with Crippen molar-refractivity contribution in [3.8, 4) is 0 Å². The summed E-state index contributed by atoms with van der Waals surface area (Å²) in [6.07, 6.45) is 2.73. The molecular formula is C24H28BrNO4. The summed E-state index contributed by atoms with van der Waals surface area (Å²) in [4.78, 5) is 12.9. The summed E-state index contributed by atoms with van der Waals surface area (Å²) in [5.74, 6) is -0.0276. The summed E-state index contributed by atoms with van der Waals surface area (Å²) in [7, 11) is 0. The maximum absolute atomic E-state index is 12.9. The van der Waals surface area contributed by atoms with Crippen molar-refractivity contribution in [3.05, 3.63) is 82.0 Å². The highest BCUT2D eigenvalue weighted by molar-refractivity contribution is 9.10. The molecule has 0 unspecified atom stereocenters. The van der Waals surface area contributed by atoms with Crippen LogP contribution in [0.25, 0.3) is 0 Å². The van der Waals surface area contributed by atoms with Crippen molar-refractivity contribution in [1.29, 1.82) is 0 Å². The minimum absolute atomic E-state index is 0.00366. The van der Waals surface area contributed by atoms with E-state index in [1.54, 1.807) is 0 Å². The smallest absolute Gasteiger partial charge is 0.286 e. The van der Waals surface area contributed by atoms with Gasteiger partial charge in [0.25, 0.3) is 5.91 Å². The Morgan fingerprint density at radius 1 is 1.17 bits per heavy atom. The Morgan fingerprint density at radius 2 is 1.90 bits per heavy atom. The lowest BCUT2D eigenvalue weighted by molar-refractivity contribution is -0.166. The molecule has 160 valence electrons. The molecule has 2 aromatic rings. The summed E-state index contributed by atoms with van der Waals surface area (Å²) in [5, 5.41) is 12.3. The predicted molar refractivity (Wildman–Crippen MR) is 120 cm³/mol. The topological polar surface area (TPSA) is 67.8 Å². The van der Waals surface area contributed by atoms with Crippen LogP contribution in [0, 0.1) is 5.92 Å². The van der Waals surface area contributed by atoms with E-state index >= 15 is 0 Å². The van der Waals surface area contributed by atoms with E-state index in [9.17, 15) is 9.90 Å². The van der Waals surface area contributed by atoms with Crippen molar-refractivity contribution in [1.82, 2.24) is 5.32 Å². The van der Waals surface area contributed by atoms with Crippen molar-refractivity contribution in [2.24, 2.45) is 5.92 Å². The zero-order valence-corrected chi connectivity index (χ0v) is 18.7. The normalized spacial score (nSPS) is 20.9. The number of carbonyl (C=O) groups is 1. The molecule has 0 saturated heterocycles. The van der Waals surface area contributed by atoms with Crippen LogP contribution in [0.5, 0.6) is 0 Å². The SMILES string of the molecule is CCO[C@@H]1OC(C(=O)NCc2ccccc2)=C[C@H](c2ccc(Br)cc2)[C@@H]1CCCO. The summed E-state index contributed by atoms with van der Waals surface area (Å²) in [5.41, 5.74) is 2.11. The Labute approximate surface area is 186 Å². The second kappa shape index (κ2) is 11.3. The summed E-state index contributed by atoms with van der Waals surface area (Å²) in [6, 6.07) is 17.8. The Balaban J connectivity index is 1.85. The Kier molecular flexibility index (Phi) is 8.49. The number of hydrogen-bond acceptors (Lipinski definition) is 4. The highest BCUT2D eigenvalue weighted by Gasteiger charge is 2.37. The van der Waals surface area contributed by atoms with Gasteiger partial charge in [0.05, 0.1) is 0 Å². The van der Waals surface area contributed by atoms with Gasteiger partial charge < -0.3 is 19.9 Å². The van der Waals surface area contributed by atoms with Crippen LogP contribution in [-0.2, 0) is 20.8 Å². The third-order valence-electron chi connectivity index (χ3n) is 5.19.